The quantitative estimate of drug-likeness (QED) is 0.667. The maximum Gasteiger partial charge on any atom is 0.271 e. The summed E-state index contributed by atoms with van der Waals surface area (Å²) >= 11 is 0. The lowest BCUT2D eigenvalue weighted by molar-refractivity contribution is -0.132. The van der Waals surface area contributed by atoms with Gasteiger partial charge in [0.05, 0.1) is 17.9 Å². The summed E-state index contributed by atoms with van der Waals surface area (Å²) in [5, 5.41) is 5.22. The summed E-state index contributed by atoms with van der Waals surface area (Å²) < 4.78 is 5.52. The molecule has 0 aliphatic carbocycles. The summed E-state index contributed by atoms with van der Waals surface area (Å²) in [6, 6.07) is 10.8. The van der Waals surface area contributed by atoms with Gasteiger partial charge in [-0.1, -0.05) is 31.4 Å². The molecule has 3 aliphatic rings. The second kappa shape index (κ2) is 8.18. The Morgan fingerprint density at radius 2 is 1.82 bits per heavy atom. The third-order valence-electron chi connectivity index (χ3n) is 6.15. The Bertz CT molecular complexity index is 1290. The minimum absolute atomic E-state index is 0.0446. The molecule has 9 heteroatoms. The number of rotatable bonds is 5. The van der Waals surface area contributed by atoms with Crippen LogP contribution < -0.4 is 15.4 Å². The Morgan fingerprint density at radius 3 is 2.56 bits per heavy atom. The molecule has 0 bridgehead atoms. The Balaban J connectivity index is 1.36. The molecule has 2 aromatic rings. The molecule has 0 spiro atoms. The number of carbonyl (C=O) groups is 4. The molecule has 34 heavy (non-hydrogen) atoms. The fourth-order valence-electron chi connectivity index (χ4n) is 4.16. The smallest absolute Gasteiger partial charge is 0.271 e. The number of anilines is 1. The zero-order valence-electron chi connectivity index (χ0n) is 18.3. The van der Waals surface area contributed by atoms with Crippen molar-refractivity contribution >= 4 is 29.3 Å². The number of benzene rings is 2. The van der Waals surface area contributed by atoms with Crippen molar-refractivity contribution in [3.05, 3.63) is 72.1 Å². The van der Waals surface area contributed by atoms with E-state index >= 15 is 0 Å². The lowest BCUT2D eigenvalue weighted by atomic mass is 9.96. The Hall–Kier alpha value is -4.40. The molecule has 0 atom stereocenters. The van der Waals surface area contributed by atoms with E-state index in [9.17, 15) is 19.2 Å². The first-order valence-electron chi connectivity index (χ1n) is 10.8. The molecular weight excluding hydrogens is 436 g/mol. The van der Waals surface area contributed by atoms with E-state index in [0.717, 1.165) is 23.1 Å². The molecule has 4 amide bonds. The van der Waals surface area contributed by atoms with Crippen LogP contribution in [0.3, 0.4) is 0 Å². The van der Waals surface area contributed by atoms with Crippen LogP contribution in [0.15, 0.2) is 61.0 Å². The van der Waals surface area contributed by atoms with Crippen LogP contribution in [-0.2, 0) is 20.9 Å². The number of fused-ring (bicyclic) bond motifs is 2. The van der Waals surface area contributed by atoms with E-state index in [1.807, 2.05) is 18.2 Å². The van der Waals surface area contributed by atoms with Crippen LogP contribution in [-0.4, -0.2) is 53.1 Å². The fourth-order valence-corrected chi connectivity index (χ4v) is 4.16. The van der Waals surface area contributed by atoms with Gasteiger partial charge in [-0.05, 0) is 41.3 Å². The van der Waals surface area contributed by atoms with Gasteiger partial charge in [0.15, 0.2) is 6.61 Å². The van der Waals surface area contributed by atoms with Crippen LogP contribution in [0, 0.1) is 0 Å². The van der Waals surface area contributed by atoms with Crippen LogP contribution in [0.2, 0.25) is 0 Å². The molecular formula is C25H22N4O5. The maximum atomic E-state index is 13.1. The van der Waals surface area contributed by atoms with Gasteiger partial charge < -0.3 is 20.3 Å². The Morgan fingerprint density at radius 1 is 1.06 bits per heavy atom. The molecule has 2 aromatic carbocycles. The number of carbonyl (C=O) groups excluding carboxylic acids is 4. The SMILES string of the molecule is C=C(NC(=O)C(=C)N1Cc2c(cccc2-c2ccc3c(c2)OCC(=O)N3)C1=O)C(=O)N1CCC1. The Labute approximate surface area is 195 Å². The highest BCUT2D eigenvalue weighted by Crippen LogP contribution is 2.38. The summed E-state index contributed by atoms with van der Waals surface area (Å²) in [5.41, 5.74) is 3.30. The van der Waals surface area contributed by atoms with E-state index in [1.54, 1.807) is 23.1 Å². The molecule has 5 rings (SSSR count). The summed E-state index contributed by atoms with van der Waals surface area (Å²) in [4.78, 5) is 52.5. The van der Waals surface area contributed by atoms with Gasteiger partial charge in [-0.25, -0.2) is 0 Å². The monoisotopic (exact) mass is 458 g/mol. The number of hydrogen-bond acceptors (Lipinski definition) is 5. The topological polar surface area (TPSA) is 108 Å². The van der Waals surface area contributed by atoms with E-state index in [-0.39, 0.29) is 42.3 Å². The molecule has 0 saturated carbocycles. The molecule has 3 aliphatic heterocycles. The van der Waals surface area contributed by atoms with Crippen LogP contribution in [0.25, 0.3) is 11.1 Å². The number of nitrogens with zero attached hydrogens (tertiary/aromatic N) is 2. The molecule has 1 saturated heterocycles. The predicted octanol–water partition coefficient (Wildman–Crippen LogP) is 2.02. The van der Waals surface area contributed by atoms with Crippen molar-refractivity contribution < 1.29 is 23.9 Å². The summed E-state index contributed by atoms with van der Waals surface area (Å²) in [6.07, 6.45) is 0.924. The van der Waals surface area contributed by atoms with Gasteiger partial charge in [0, 0.05) is 18.7 Å². The van der Waals surface area contributed by atoms with E-state index in [2.05, 4.69) is 23.8 Å². The minimum atomic E-state index is -0.653. The number of amides is 4. The van der Waals surface area contributed by atoms with Crippen LogP contribution in [0.1, 0.15) is 22.3 Å². The first-order chi connectivity index (χ1) is 16.3. The number of nitrogens with one attached hydrogen (secondary N) is 2. The molecule has 0 unspecified atom stereocenters. The van der Waals surface area contributed by atoms with Crippen molar-refractivity contribution in [2.45, 2.75) is 13.0 Å². The molecule has 2 N–H and O–H groups in total. The van der Waals surface area contributed by atoms with Gasteiger partial charge >= 0.3 is 0 Å². The van der Waals surface area contributed by atoms with Gasteiger partial charge in [-0.2, -0.15) is 0 Å². The lowest BCUT2D eigenvalue weighted by Crippen LogP contribution is -2.46. The van der Waals surface area contributed by atoms with Crippen LogP contribution in [0.5, 0.6) is 5.75 Å². The highest BCUT2D eigenvalue weighted by atomic mass is 16.5. The number of ether oxygens (including phenoxy) is 1. The van der Waals surface area contributed by atoms with E-state index < -0.39 is 5.91 Å². The van der Waals surface area contributed by atoms with Crippen molar-refractivity contribution in [3.8, 4) is 16.9 Å². The zero-order valence-corrected chi connectivity index (χ0v) is 18.3. The summed E-state index contributed by atoms with van der Waals surface area (Å²) in [7, 11) is 0. The van der Waals surface area contributed by atoms with Crippen molar-refractivity contribution in [1.29, 1.82) is 0 Å². The first-order valence-corrected chi connectivity index (χ1v) is 10.8. The number of hydrogen-bond donors (Lipinski definition) is 2. The molecule has 172 valence electrons. The third-order valence-corrected chi connectivity index (χ3v) is 6.15. The molecule has 9 nitrogen and oxygen atoms in total. The average Bonchev–Trinajstić information content (AvgIpc) is 3.13. The largest absolute Gasteiger partial charge is 0.482 e. The normalized spacial score (nSPS) is 16.0. The van der Waals surface area contributed by atoms with E-state index in [0.29, 0.717) is 30.1 Å². The van der Waals surface area contributed by atoms with Crippen molar-refractivity contribution in [3.63, 3.8) is 0 Å². The summed E-state index contributed by atoms with van der Waals surface area (Å²) in [6.45, 7) is 8.81. The lowest BCUT2D eigenvalue weighted by Gasteiger charge is -2.31. The minimum Gasteiger partial charge on any atom is -0.482 e. The second-order valence-electron chi connectivity index (χ2n) is 8.30. The standard InChI is InChI=1S/C25H22N4O5/c1-14(24(32)28-9-4-10-28)26-23(31)15(2)29-12-19-17(5-3-6-18(19)25(29)33)16-7-8-20-21(11-16)34-13-22(30)27-20/h3,5-8,11H,1-2,4,9-10,12-13H2,(H,26,31)(H,27,30). The van der Waals surface area contributed by atoms with E-state index in [1.165, 1.54) is 4.90 Å². The maximum absolute atomic E-state index is 13.1. The van der Waals surface area contributed by atoms with Crippen molar-refractivity contribution in [1.82, 2.24) is 15.1 Å². The molecule has 1 fully saturated rings. The third kappa shape index (κ3) is 3.61. The van der Waals surface area contributed by atoms with Crippen LogP contribution >= 0.6 is 0 Å². The zero-order chi connectivity index (χ0) is 24.0. The van der Waals surface area contributed by atoms with Crippen molar-refractivity contribution in [2.24, 2.45) is 0 Å². The fraction of sp³-hybridized carbons (Fsp3) is 0.200. The predicted molar refractivity (Wildman–Crippen MR) is 123 cm³/mol. The van der Waals surface area contributed by atoms with Gasteiger partial charge in [-0.15, -0.1) is 0 Å². The highest BCUT2D eigenvalue weighted by molar-refractivity contribution is 6.08. The van der Waals surface area contributed by atoms with Crippen LogP contribution in [0.4, 0.5) is 5.69 Å². The van der Waals surface area contributed by atoms with Gasteiger partial charge in [-0.3, -0.25) is 24.1 Å². The van der Waals surface area contributed by atoms with Gasteiger partial charge in [0.25, 0.3) is 23.6 Å². The Kier molecular flexibility index (Phi) is 5.16. The van der Waals surface area contributed by atoms with Crippen molar-refractivity contribution in [2.75, 3.05) is 25.0 Å². The van der Waals surface area contributed by atoms with Gasteiger partial charge in [0.2, 0.25) is 0 Å². The van der Waals surface area contributed by atoms with E-state index in [4.69, 9.17) is 4.74 Å². The van der Waals surface area contributed by atoms with Gasteiger partial charge in [0.1, 0.15) is 11.4 Å². The second-order valence-corrected chi connectivity index (χ2v) is 8.30. The number of likely N-dealkylation sites (tertiary alicyclic amines) is 1. The molecule has 0 aromatic heterocycles. The highest BCUT2D eigenvalue weighted by Gasteiger charge is 2.34. The average molecular weight is 458 g/mol. The summed E-state index contributed by atoms with van der Waals surface area (Å²) in [5.74, 6) is -1.01. The first kappa shape index (κ1) is 21.4. The molecule has 0 radical (unpaired) electrons. The molecule has 3 heterocycles.